The van der Waals surface area contributed by atoms with Crippen molar-refractivity contribution in [3.05, 3.63) is 0 Å². The summed E-state index contributed by atoms with van der Waals surface area (Å²) < 4.78 is 0. The van der Waals surface area contributed by atoms with Crippen molar-refractivity contribution in [2.24, 2.45) is 5.73 Å². The van der Waals surface area contributed by atoms with Crippen molar-refractivity contribution < 1.29 is 19.8 Å². The van der Waals surface area contributed by atoms with Gasteiger partial charge in [0.05, 0.1) is 6.10 Å². The normalized spacial score (nSPS) is 31.1. The van der Waals surface area contributed by atoms with Gasteiger partial charge in [0, 0.05) is 24.9 Å². The minimum absolute atomic E-state index is 0.103. The smallest absolute Gasteiger partial charge is 0.326 e. The molecular formula is C11H18N2O4. The molecular weight excluding hydrogens is 224 g/mol. The SMILES string of the molecule is NC1(CC(=O)N2CC(O)CC2C(=O)O)CCC1. The highest BCUT2D eigenvalue weighted by atomic mass is 16.4. The lowest BCUT2D eigenvalue weighted by molar-refractivity contribution is -0.149. The second-order valence-electron chi connectivity index (χ2n) is 5.18. The number of rotatable bonds is 3. The third-order valence-corrected chi connectivity index (χ3v) is 3.74. The van der Waals surface area contributed by atoms with Crippen LogP contribution in [0.5, 0.6) is 0 Å². The molecule has 0 spiro atoms. The fraction of sp³-hybridized carbons (Fsp3) is 0.818. The largest absolute Gasteiger partial charge is 0.480 e. The van der Waals surface area contributed by atoms with Crippen molar-refractivity contribution in [1.29, 1.82) is 0 Å². The number of hydrogen-bond acceptors (Lipinski definition) is 4. The lowest BCUT2D eigenvalue weighted by Crippen LogP contribution is -2.52. The zero-order valence-electron chi connectivity index (χ0n) is 9.63. The van der Waals surface area contributed by atoms with Gasteiger partial charge in [0.2, 0.25) is 5.91 Å². The van der Waals surface area contributed by atoms with E-state index in [1.165, 1.54) is 4.90 Å². The zero-order valence-corrected chi connectivity index (χ0v) is 9.63. The molecule has 0 bridgehead atoms. The highest BCUT2D eigenvalue weighted by Gasteiger charge is 2.42. The van der Waals surface area contributed by atoms with Crippen LogP contribution in [0.1, 0.15) is 32.1 Å². The number of carboxylic acids is 1. The third kappa shape index (κ3) is 2.42. The van der Waals surface area contributed by atoms with Crippen molar-refractivity contribution in [3.8, 4) is 0 Å². The van der Waals surface area contributed by atoms with Gasteiger partial charge < -0.3 is 20.8 Å². The second kappa shape index (κ2) is 4.27. The summed E-state index contributed by atoms with van der Waals surface area (Å²) in [5, 5.41) is 18.4. The summed E-state index contributed by atoms with van der Waals surface area (Å²) in [6, 6.07) is -0.902. The van der Waals surface area contributed by atoms with Gasteiger partial charge in [-0.05, 0) is 19.3 Å². The molecule has 1 saturated heterocycles. The van der Waals surface area contributed by atoms with Gasteiger partial charge in [-0.1, -0.05) is 0 Å². The van der Waals surface area contributed by atoms with Crippen molar-refractivity contribution in [2.75, 3.05) is 6.54 Å². The van der Waals surface area contributed by atoms with Crippen LogP contribution in [0, 0.1) is 0 Å². The Morgan fingerprint density at radius 1 is 1.41 bits per heavy atom. The van der Waals surface area contributed by atoms with E-state index in [0.29, 0.717) is 0 Å². The molecule has 2 unspecified atom stereocenters. The van der Waals surface area contributed by atoms with Crippen LogP contribution in [0.2, 0.25) is 0 Å². The van der Waals surface area contributed by atoms with Crippen LogP contribution in [-0.2, 0) is 9.59 Å². The van der Waals surface area contributed by atoms with E-state index in [1.807, 2.05) is 0 Å². The monoisotopic (exact) mass is 242 g/mol. The topological polar surface area (TPSA) is 104 Å². The molecule has 0 aromatic carbocycles. The first-order valence-electron chi connectivity index (χ1n) is 5.90. The summed E-state index contributed by atoms with van der Waals surface area (Å²) >= 11 is 0. The number of carboxylic acid groups (broad SMARTS) is 1. The van der Waals surface area contributed by atoms with Crippen LogP contribution in [0.15, 0.2) is 0 Å². The Kier molecular flexibility index (Phi) is 3.09. The average Bonchev–Trinajstić information content (AvgIpc) is 2.58. The maximum absolute atomic E-state index is 12.0. The first kappa shape index (κ1) is 12.3. The van der Waals surface area contributed by atoms with Gasteiger partial charge in [-0.2, -0.15) is 0 Å². The molecule has 1 heterocycles. The number of aliphatic carboxylic acids is 1. The number of carbonyl (C=O) groups is 2. The minimum atomic E-state index is -1.06. The molecule has 1 saturated carbocycles. The number of aliphatic hydroxyl groups is 1. The quantitative estimate of drug-likeness (QED) is 0.607. The van der Waals surface area contributed by atoms with Gasteiger partial charge in [-0.3, -0.25) is 4.79 Å². The summed E-state index contributed by atoms with van der Waals surface area (Å²) in [5.74, 6) is -1.31. The number of β-amino-alcohol motifs (C(OH)–C–C–N with tert-alkyl or cyclic N) is 1. The Labute approximate surface area is 99.4 Å². The van der Waals surface area contributed by atoms with Crippen LogP contribution >= 0.6 is 0 Å². The van der Waals surface area contributed by atoms with E-state index in [4.69, 9.17) is 10.8 Å². The lowest BCUT2D eigenvalue weighted by atomic mass is 9.75. The first-order chi connectivity index (χ1) is 7.91. The van der Waals surface area contributed by atoms with Crippen molar-refractivity contribution >= 4 is 11.9 Å². The second-order valence-corrected chi connectivity index (χ2v) is 5.18. The molecule has 2 aliphatic rings. The Hall–Kier alpha value is -1.14. The van der Waals surface area contributed by atoms with Crippen LogP contribution in [0.3, 0.4) is 0 Å². The van der Waals surface area contributed by atoms with E-state index in [2.05, 4.69) is 0 Å². The van der Waals surface area contributed by atoms with E-state index in [-0.39, 0.29) is 25.3 Å². The molecule has 0 radical (unpaired) electrons. The fourth-order valence-corrected chi connectivity index (χ4v) is 2.53. The number of hydrogen-bond donors (Lipinski definition) is 3. The number of carbonyl (C=O) groups excluding carboxylic acids is 1. The van der Waals surface area contributed by atoms with E-state index >= 15 is 0 Å². The predicted molar refractivity (Wildman–Crippen MR) is 59.1 cm³/mol. The summed E-state index contributed by atoms with van der Waals surface area (Å²) in [4.78, 5) is 24.2. The maximum Gasteiger partial charge on any atom is 0.326 e. The lowest BCUT2D eigenvalue weighted by Gasteiger charge is -2.38. The first-order valence-corrected chi connectivity index (χ1v) is 5.90. The van der Waals surface area contributed by atoms with Crippen molar-refractivity contribution in [2.45, 2.75) is 49.8 Å². The van der Waals surface area contributed by atoms with Gasteiger partial charge in [-0.25, -0.2) is 4.79 Å². The predicted octanol–water partition coefficient (Wildman–Crippen LogP) is -0.696. The molecule has 1 amide bonds. The average molecular weight is 242 g/mol. The zero-order chi connectivity index (χ0) is 12.6. The molecule has 1 aliphatic heterocycles. The Morgan fingerprint density at radius 3 is 2.53 bits per heavy atom. The summed E-state index contributed by atoms with van der Waals surface area (Å²) in [6.07, 6.45) is 2.20. The van der Waals surface area contributed by atoms with Crippen LogP contribution < -0.4 is 5.73 Å². The highest BCUT2D eigenvalue weighted by molar-refractivity contribution is 5.85. The molecule has 4 N–H and O–H groups in total. The molecule has 2 fully saturated rings. The maximum atomic E-state index is 12.0. The Bertz CT molecular complexity index is 340. The van der Waals surface area contributed by atoms with Gasteiger partial charge in [-0.15, -0.1) is 0 Å². The molecule has 6 heteroatoms. The van der Waals surface area contributed by atoms with E-state index in [1.54, 1.807) is 0 Å². The van der Waals surface area contributed by atoms with Crippen LogP contribution in [-0.4, -0.2) is 51.2 Å². The van der Waals surface area contributed by atoms with E-state index in [0.717, 1.165) is 19.3 Å². The summed E-state index contributed by atoms with van der Waals surface area (Å²) in [5.41, 5.74) is 5.52. The Balaban J connectivity index is 2.00. The number of amides is 1. The van der Waals surface area contributed by atoms with Gasteiger partial charge >= 0.3 is 5.97 Å². The van der Waals surface area contributed by atoms with Gasteiger partial charge in [0.1, 0.15) is 6.04 Å². The molecule has 0 aromatic rings. The number of aliphatic hydroxyl groups excluding tert-OH is 1. The van der Waals surface area contributed by atoms with Gasteiger partial charge in [0.25, 0.3) is 0 Å². The fourth-order valence-electron chi connectivity index (χ4n) is 2.53. The third-order valence-electron chi connectivity index (χ3n) is 3.74. The molecule has 6 nitrogen and oxygen atoms in total. The molecule has 1 aliphatic carbocycles. The minimum Gasteiger partial charge on any atom is -0.480 e. The summed E-state index contributed by atoms with van der Waals surface area (Å²) in [6.45, 7) is 0.103. The molecule has 17 heavy (non-hydrogen) atoms. The number of likely N-dealkylation sites (tertiary alicyclic amines) is 1. The van der Waals surface area contributed by atoms with E-state index in [9.17, 15) is 14.7 Å². The molecule has 0 aromatic heterocycles. The standard InChI is InChI=1S/C11H18N2O4/c12-11(2-1-3-11)5-9(15)13-6-7(14)4-8(13)10(16)17/h7-8,14H,1-6,12H2,(H,16,17). The Morgan fingerprint density at radius 2 is 2.06 bits per heavy atom. The highest BCUT2D eigenvalue weighted by Crippen LogP contribution is 2.33. The van der Waals surface area contributed by atoms with Crippen molar-refractivity contribution in [3.63, 3.8) is 0 Å². The van der Waals surface area contributed by atoms with E-state index < -0.39 is 23.7 Å². The van der Waals surface area contributed by atoms with Crippen molar-refractivity contribution in [1.82, 2.24) is 4.90 Å². The molecule has 2 rings (SSSR count). The van der Waals surface area contributed by atoms with Crippen LogP contribution in [0.25, 0.3) is 0 Å². The number of nitrogens with two attached hydrogens (primary N) is 1. The number of nitrogens with zero attached hydrogens (tertiary/aromatic N) is 1. The molecule has 96 valence electrons. The van der Waals surface area contributed by atoms with Crippen LogP contribution in [0.4, 0.5) is 0 Å². The molecule has 2 atom stereocenters. The van der Waals surface area contributed by atoms with Gasteiger partial charge in [0.15, 0.2) is 0 Å². The summed E-state index contributed by atoms with van der Waals surface area (Å²) in [7, 11) is 0.